The van der Waals surface area contributed by atoms with Crippen LogP contribution in [0.4, 0.5) is 0 Å². The molecule has 1 amide bonds. The second-order valence-corrected chi connectivity index (χ2v) is 22.4. The van der Waals surface area contributed by atoms with Crippen LogP contribution in [0.3, 0.4) is 0 Å². The van der Waals surface area contributed by atoms with Gasteiger partial charge in [-0.05, 0) is 44.9 Å². The fraction of sp³-hybridized carbons (Fsp3) is 0.879. The number of carbonyl (C=O) groups excluding carboxylic acids is 1. The SMILES string of the molecule is CCCCCC/C=C/CC/C=C/CC/C=C/C(O)C(COP(=O)([O-])OCC[N+](C)(C)C)NC(=O)CCCCCCCCCCCCCCCCCCCCCCCCCCCCCCCCC. The number of unbranched alkanes of at least 4 members (excludes halogenated alkanes) is 36. The molecule has 67 heavy (non-hydrogen) atoms. The number of aliphatic hydroxyl groups is 1. The van der Waals surface area contributed by atoms with Gasteiger partial charge in [-0.15, -0.1) is 0 Å². The van der Waals surface area contributed by atoms with Gasteiger partial charge in [0.2, 0.25) is 5.91 Å². The van der Waals surface area contributed by atoms with Crippen molar-refractivity contribution in [1.82, 2.24) is 5.32 Å². The molecule has 3 atom stereocenters. The van der Waals surface area contributed by atoms with E-state index >= 15 is 0 Å². The molecule has 0 saturated carbocycles. The first-order valence-electron chi connectivity index (χ1n) is 28.9. The van der Waals surface area contributed by atoms with Crippen LogP contribution < -0.4 is 10.2 Å². The molecule has 396 valence electrons. The van der Waals surface area contributed by atoms with Crippen LogP contribution in [0.25, 0.3) is 0 Å². The first-order chi connectivity index (χ1) is 32.5. The van der Waals surface area contributed by atoms with E-state index in [1.54, 1.807) is 6.08 Å². The largest absolute Gasteiger partial charge is 0.756 e. The average Bonchev–Trinajstić information content (AvgIpc) is 3.29. The second kappa shape index (κ2) is 49.7. The van der Waals surface area contributed by atoms with Gasteiger partial charge in [0.25, 0.3) is 7.82 Å². The zero-order chi connectivity index (χ0) is 49.2. The van der Waals surface area contributed by atoms with E-state index in [1.807, 2.05) is 27.2 Å². The molecular weight excluding hydrogens is 852 g/mol. The van der Waals surface area contributed by atoms with E-state index in [0.29, 0.717) is 17.4 Å². The zero-order valence-electron chi connectivity index (χ0n) is 45.1. The minimum absolute atomic E-state index is 0.00763. The molecule has 0 aromatic carbocycles. The third-order valence-corrected chi connectivity index (χ3v) is 14.0. The summed E-state index contributed by atoms with van der Waals surface area (Å²) in [6, 6.07) is -0.907. The highest BCUT2D eigenvalue weighted by Crippen LogP contribution is 2.38. The minimum Gasteiger partial charge on any atom is -0.756 e. The lowest BCUT2D eigenvalue weighted by Gasteiger charge is -2.29. The maximum Gasteiger partial charge on any atom is 0.268 e. The Balaban J connectivity index is 4.05. The van der Waals surface area contributed by atoms with Crippen molar-refractivity contribution in [2.24, 2.45) is 0 Å². The molecule has 0 heterocycles. The summed E-state index contributed by atoms with van der Waals surface area (Å²) in [4.78, 5) is 25.4. The molecule has 0 aromatic rings. The number of nitrogens with zero attached hydrogens (tertiary/aromatic N) is 1. The summed E-state index contributed by atoms with van der Waals surface area (Å²) in [7, 11) is 1.24. The van der Waals surface area contributed by atoms with E-state index in [2.05, 4.69) is 43.5 Å². The van der Waals surface area contributed by atoms with Crippen molar-refractivity contribution < 1.29 is 32.9 Å². The summed E-state index contributed by atoms with van der Waals surface area (Å²) < 4.78 is 23.3. The first kappa shape index (κ1) is 65.7. The molecule has 2 N–H and O–H groups in total. The molecule has 0 aliphatic carbocycles. The first-order valence-corrected chi connectivity index (χ1v) is 30.3. The number of phosphoric ester groups is 1. The summed E-state index contributed by atoms with van der Waals surface area (Å²) in [5.74, 6) is -0.207. The van der Waals surface area contributed by atoms with Gasteiger partial charge in [0.15, 0.2) is 0 Å². The van der Waals surface area contributed by atoms with Gasteiger partial charge in [0.1, 0.15) is 13.2 Å². The Morgan fingerprint density at radius 1 is 0.507 bits per heavy atom. The summed E-state index contributed by atoms with van der Waals surface area (Å²) >= 11 is 0. The van der Waals surface area contributed by atoms with Crippen LogP contribution in [-0.4, -0.2) is 68.5 Å². The second-order valence-electron chi connectivity index (χ2n) is 21.0. The van der Waals surface area contributed by atoms with Gasteiger partial charge in [0.05, 0.1) is 39.9 Å². The van der Waals surface area contributed by atoms with Crippen molar-refractivity contribution in [2.75, 3.05) is 40.9 Å². The maximum absolute atomic E-state index is 12.9. The van der Waals surface area contributed by atoms with Gasteiger partial charge in [-0.25, -0.2) is 0 Å². The summed E-state index contributed by atoms with van der Waals surface area (Å²) in [5.41, 5.74) is 0. The van der Waals surface area contributed by atoms with Gasteiger partial charge < -0.3 is 28.8 Å². The zero-order valence-corrected chi connectivity index (χ0v) is 46.0. The average molecular weight is 966 g/mol. The van der Waals surface area contributed by atoms with Crippen LogP contribution in [0, 0.1) is 0 Å². The number of allylic oxidation sites excluding steroid dienone is 5. The van der Waals surface area contributed by atoms with Crippen molar-refractivity contribution in [3.63, 3.8) is 0 Å². The molecule has 3 unspecified atom stereocenters. The van der Waals surface area contributed by atoms with E-state index in [9.17, 15) is 19.4 Å². The molecule has 0 saturated heterocycles. The van der Waals surface area contributed by atoms with E-state index in [1.165, 1.54) is 212 Å². The number of hydrogen-bond donors (Lipinski definition) is 2. The number of likely N-dealkylation sites (N-methyl/N-ethyl adjacent to an activating group) is 1. The quantitative estimate of drug-likeness (QED) is 0.0272. The van der Waals surface area contributed by atoms with Gasteiger partial charge >= 0.3 is 0 Å². The van der Waals surface area contributed by atoms with Crippen LogP contribution in [-0.2, 0) is 18.4 Å². The van der Waals surface area contributed by atoms with Crippen molar-refractivity contribution >= 4 is 13.7 Å². The Morgan fingerprint density at radius 2 is 0.836 bits per heavy atom. The Kier molecular flexibility index (Phi) is 48.7. The van der Waals surface area contributed by atoms with E-state index < -0.39 is 26.6 Å². The lowest BCUT2D eigenvalue weighted by Crippen LogP contribution is -2.45. The monoisotopic (exact) mass is 965 g/mol. The predicted molar refractivity (Wildman–Crippen MR) is 288 cm³/mol. The molecular formula is C58H113N2O6P. The van der Waals surface area contributed by atoms with E-state index in [0.717, 1.165) is 44.9 Å². The maximum atomic E-state index is 12.9. The highest BCUT2D eigenvalue weighted by atomic mass is 31.2. The number of rotatable bonds is 53. The van der Waals surface area contributed by atoms with Crippen molar-refractivity contribution in [3.05, 3.63) is 36.5 Å². The molecule has 8 nitrogen and oxygen atoms in total. The van der Waals surface area contributed by atoms with Crippen LogP contribution >= 0.6 is 7.82 Å². The standard InChI is InChI=1S/C58H113N2O6P/c1-6-8-10-12-14-16-18-20-22-23-24-25-26-27-28-29-30-31-32-33-34-35-36-37-38-40-42-44-46-48-50-52-58(62)59-56(55-66-67(63,64)65-54-53-60(3,4)5)57(61)51-49-47-45-43-41-39-21-19-17-15-13-11-9-7-2/h17,19,41,43,49,51,56-57,61H,6-16,18,20-40,42,44-48,50,52-55H2,1-5H3,(H-,59,62,63,64)/b19-17+,43-41+,51-49+. The van der Waals surface area contributed by atoms with Gasteiger partial charge in [-0.3, -0.25) is 9.36 Å². The number of amides is 1. The normalized spacial score (nSPS) is 14.2. The highest BCUT2D eigenvalue weighted by Gasteiger charge is 2.23. The summed E-state index contributed by atoms with van der Waals surface area (Å²) in [6.45, 7) is 4.62. The van der Waals surface area contributed by atoms with Gasteiger partial charge in [0, 0.05) is 6.42 Å². The molecule has 0 aliphatic heterocycles. The van der Waals surface area contributed by atoms with Crippen molar-refractivity contribution in [3.8, 4) is 0 Å². The van der Waals surface area contributed by atoms with Crippen LogP contribution in [0.2, 0.25) is 0 Å². The predicted octanol–water partition coefficient (Wildman–Crippen LogP) is 16.7. The smallest absolute Gasteiger partial charge is 0.268 e. The minimum atomic E-state index is -4.60. The van der Waals surface area contributed by atoms with Crippen LogP contribution in [0.5, 0.6) is 0 Å². The highest BCUT2D eigenvalue weighted by molar-refractivity contribution is 7.45. The van der Waals surface area contributed by atoms with Gasteiger partial charge in [-0.1, -0.05) is 262 Å². The lowest BCUT2D eigenvalue weighted by molar-refractivity contribution is -0.870. The Hall–Kier alpha value is -1.28. The number of quaternary nitrogens is 1. The molecule has 0 bridgehead atoms. The van der Waals surface area contributed by atoms with Crippen LogP contribution in [0.1, 0.15) is 277 Å². The fourth-order valence-corrected chi connectivity index (χ4v) is 9.26. The topological polar surface area (TPSA) is 108 Å². The van der Waals surface area contributed by atoms with Gasteiger partial charge in [-0.2, -0.15) is 0 Å². The number of aliphatic hydroxyl groups excluding tert-OH is 1. The fourth-order valence-electron chi connectivity index (χ4n) is 8.54. The Labute approximate surface area is 417 Å². The molecule has 9 heteroatoms. The van der Waals surface area contributed by atoms with Crippen molar-refractivity contribution in [2.45, 2.75) is 289 Å². The number of hydrogen-bond acceptors (Lipinski definition) is 6. The summed E-state index contributed by atoms with van der Waals surface area (Å²) in [5, 5.41) is 13.8. The van der Waals surface area contributed by atoms with E-state index in [4.69, 9.17) is 9.05 Å². The molecule has 0 fully saturated rings. The lowest BCUT2D eigenvalue weighted by atomic mass is 10.0. The van der Waals surface area contributed by atoms with Crippen molar-refractivity contribution in [1.29, 1.82) is 0 Å². The molecule has 0 aliphatic rings. The summed E-state index contributed by atoms with van der Waals surface area (Å²) in [6.07, 6.45) is 63.9. The molecule has 0 rings (SSSR count). The molecule has 0 radical (unpaired) electrons. The van der Waals surface area contributed by atoms with Crippen LogP contribution in [0.15, 0.2) is 36.5 Å². The molecule has 0 aromatic heterocycles. The Morgan fingerprint density at radius 3 is 1.21 bits per heavy atom. The number of carbonyl (C=O) groups is 1. The number of nitrogens with one attached hydrogen (secondary N) is 1. The third-order valence-electron chi connectivity index (χ3n) is 13.1. The molecule has 0 spiro atoms. The van der Waals surface area contributed by atoms with E-state index in [-0.39, 0.29) is 12.5 Å². The third kappa shape index (κ3) is 52.4. The Bertz CT molecular complexity index is 1190. The number of phosphoric acid groups is 1.